The maximum Gasteiger partial charge on any atom is 0.125 e. The largest absolute Gasteiger partial charge is 0.485 e. The first-order valence-corrected chi connectivity index (χ1v) is 5.71. The van der Waals surface area contributed by atoms with Gasteiger partial charge in [-0.2, -0.15) is 0 Å². The molecule has 2 nitrogen and oxygen atoms in total. The second-order valence-corrected chi connectivity index (χ2v) is 3.80. The van der Waals surface area contributed by atoms with E-state index in [1.54, 1.807) is 24.3 Å². The van der Waals surface area contributed by atoms with E-state index in [2.05, 4.69) is 0 Å². The van der Waals surface area contributed by atoms with Gasteiger partial charge in [0.2, 0.25) is 0 Å². The Labute approximate surface area is 118 Å². The Morgan fingerprint density at radius 1 is 1.28 bits per heavy atom. The van der Waals surface area contributed by atoms with E-state index in [4.69, 9.17) is 20.1 Å². The van der Waals surface area contributed by atoms with E-state index >= 15 is 0 Å². The summed E-state index contributed by atoms with van der Waals surface area (Å²) in [4.78, 5) is 0. The quantitative estimate of drug-likeness (QED) is 0.879. The van der Waals surface area contributed by atoms with Crippen LogP contribution in [0.1, 0.15) is 33.2 Å². The number of nitrogens with two attached hydrogens (primary N) is 1. The lowest BCUT2D eigenvalue weighted by atomic mass is 10.1. The van der Waals surface area contributed by atoms with E-state index in [1.165, 1.54) is 0 Å². The Bertz CT molecular complexity index is 747. The maximum absolute atomic E-state index is 8.04. The van der Waals surface area contributed by atoms with Crippen molar-refractivity contribution in [1.29, 1.82) is 0 Å². The zero-order chi connectivity index (χ0) is 18.8. The highest BCUT2D eigenvalue weighted by atomic mass is 16.5. The van der Waals surface area contributed by atoms with Gasteiger partial charge in [0.25, 0.3) is 0 Å². The molecule has 2 aromatic carbocycles. The molecular weight excluding hydrogens is 222 g/mol. The second kappa shape index (κ2) is 6.22. The number of hydrogen-bond acceptors (Lipinski definition) is 2. The molecule has 18 heavy (non-hydrogen) atoms. The van der Waals surface area contributed by atoms with E-state index in [0.717, 1.165) is 5.56 Å². The smallest absolute Gasteiger partial charge is 0.125 e. The Hall–Kier alpha value is -1.80. The van der Waals surface area contributed by atoms with E-state index < -0.39 is 42.7 Å². The summed E-state index contributed by atoms with van der Waals surface area (Å²) in [5, 5.41) is 0. The van der Waals surface area contributed by atoms with E-state index in [0.29, 0.717) is 6.42 Å². The maximum atomic E-state index is 8.04. The van der Waals surface area contributed by atoms with Gasteiger partial charge in [0.15, 0.2) is 0 Å². The topological polar surface area (TPSA) is 35.2 Å². The molecule has 2 heteroatoms. The predicted molar refractivity (Wildman–Crippen MR) is 74.7 cm³/mol. The molecule has 0 amide bonds. The van der Waals surface area contributed by atoms with Crippen LogP contribution < -0.4 is 10.5 Å². The summed E-state index contributed by atoms with van der Waals surface area (Å²) in [7, 11) is 0. The van der Waals surface area contributed by atoms with Crippen LogP contribution >= 0.6 is 0 Å². The fourth-order valence-corrected chi connectivity index (χ4v) is 1.64. The molecule has 0 aliphatic rings. The molecule has 1 unspecified atom stereocenters. The molecule has 0 spiro atoms. The highest BCUT2D eigenvalue weighted by Crippen LogP contribution is 2.26. The van der Waals surface area contributed by atoms with Crippen molar-refractivity contribution in [2.45, 2.75) is 19.4 Å². The molecule has 2 aromatic rings. The third-order valence-electron chi connectivity index (χ3n) is 2.51. The van der Waals surface area contributed by atoms with Gasteiger partial charge in [0.05, 0.1) is 5.48 Å². The molecule has 0 aliphatic heterocycles. The highest BCUT2D eigenvalue weighted by Gasteiger charge is 2.13. The van der Waals surface area contributed by atoms with Crippen LogP contribution in [0.25, 0.3) is 0 Å². The van der Waals surface area contributed by atoms with Crippen LogP contribution in [0.4, 0.5) is 0 Å². The second-order valence-electron chi connectivity index (χ2n) is 3.80. The first-order valence-electron chi connectivity index (χ1n) is 9.21. The normalized spacial score (nSPS) is 18.4. The molecule has 0 aliphatic carbocycles. The minimum atomic E-state index is -2.74. The van der Waals surface area contributed by atoms with Crippen molar-refractivity contribution >= 4 is 0 Å². The Kier molecular flexibility index (Phi) is 2.21. The van der Waals surface area contributed by atoms with Crippen LogP contribution in [0.2, 0.25) is 0 Å². The highest BCUT2D eigenvalue weighted by molar-refractivity contribution is 5.32. The third-order valence-corrected chi connectivity index (χ3v) is 2.51. The lowest BCUT2D eigenvalue weighted by Gasteiger charge is -2.20. The van der Waals surface area contributed by atoms with Crippen LogP contribution in [-0.4, -0.2) is 6.54 Å². The Morgan fingerprint density at radius 2 is 2.06 bits per heavy atom. The monoisotopic (exact) mass is 248 g/mol. The van der Waals surface area contributed by atoms with Gasteiger partial charge in [0.1, 0.15) is 11.9 Å². The van der Waals surface area contributed by atoms with Crippen molar-refractivity contribution in [1.82, 2.24) is 0 Å². The fraction of sp³-hybridized carbons (Fsp3) is 0.250. The lowest BCUT2D eigenvalue weighted by Crippen LogP contribution is -2.13. The van der Waals surface area contributed by atoms with Crippen molar-refractivity contribution < 1.29 is 14.3 Å². The molecule has 0 heterocycles. The van der Waals surface area contributed by atoms with E-state index in [-0.39, 0.29) is 12.3 Å². The molecular formula is C16H19NO. The van der Waals surface area contributed by atoms with Gasteiger partial charge < -0.3 is 10.5 Å². The van der Waals surface area contributed by atoms with Crippen LogP contribution in [0.15, 0.2) is 54.5 Å². The number of ether oxygens (including phenoxy) is 1. The Balaban J connectivity index is 2.61. The first kappa shape index (κ1) is 6.39. The summed E-state index contributed by atoms with van der Waals surface area (Å²) < 4.78 is 60.2. The summed E-state index contributed by atoms with van der Waals surface area (Å²) in [5.74, 6) is -0.353. The van der Waals surface area contributed by atoms with Crippen LogP contribution in [0.3, 0.4) is 0 Å². The van der Waals surface area contributed by atoms with Crippen molar-refractivity contribution in [3.05, 3.63) is 65.6 Å². The van der Waals surface area contributed by atoms with Crippen LogP contribution in [-0.2, 0) is 0 Å². The minimum absolute atomic E-state index is 0.272. The first-order chi connectivity index (χ1) is 11.7. The average molecular weight is 248 g/mol. The molecule has 0 saturated heterocycles. The summed E-state index contributed by atoms with van der Waals surface area (Å²) >= 11 is 0. The molecule has 0 aromatic heterocycles. The number of para-hydroxylation sites is 1. The van der Waals surface area contributed by atoms with Gasteiger partial charge in [-0.3, -0.25) is 0 Å². The molecule has 1 atom stereocenters. The Morgan fingerprint density at radius 3 is 2.78 bits per heavy atom. The standard InChI is InChI=1S/C16H19NO/c1-13-7-5-6-10-15(13)18-16(11-12-17)14-8-3-2-4-9-14/h2-10,16H,11-12,17H2,1H3/i1D3,5D,6D,7D,10D. The fourth-order valence-electron chi connectivity index (χ4n) is 1.64. The lowest BCUT2D eigenvalue weighted by molar-refractivity contribution is 0.196. The van der Waals surface area contributed by atoms with Gasteiger partial charge in [-0.1, -0.05) is 48.5 Å². The van der Waals surface area contributed by atoms with Crippen LogP contribution in [0, 0.1) is 6.85 Å². The predicted octanol–water partition coefficient (Wildman–Crippen LogP) is 3.46. The van der Waals surface area contributed by atoms with Crippen molar-refractivity contribution in [3.8, 4) is 5.75 Å². The molecule has 0 bridgehead atoms. The van der Waals surface area contributed by atoms with Crippen molar-refractivity contribution in [2.24, 2.45) is 5.73 Å². The molecule has 2 rings (SSSR count). The minimum Gasteiger partial charge on any atom is -0.485 e. The van der Waals surface area contributed by atoms with E-state index in [9.17, 15) is 0 Å². The average Bonchev–Trinajstić information content (AvgIpc) is 2.56. The van der Waals surface area contributed by atoms with Crippen LogP contribution in [0.5, 0.6) is 5.75 Å². The van der Waals surface area contributed by atoms with Crippen molar-refractivity contribution in [2.75, 3.05) is 6.54 Å². The third kappa shape index (κ3) is 3.11. The summed E-state index contributed by atoms with van der Waals surface area (Å²) in [6.45, 7) is -2.47. The summed E-state index contributed by atoms with van der Waals surface area (Å²) in [6.07, 6.45) is -0.250. The summed E-state index contributed by atoms with van der Waals surface area (Å²) in [6, 6.07) is 6.75. The number of hydrogen-bond donors (Lipinski definition) is 1. The number of rotatable bonds is 5. The van der Waals surface area contributed by atoms with Crippen molar-refractivity contribution in [3.63, 3.8) is 0 Å². The van der Waals surface area contributed by atoms with Gasteiger partial charge in [0, 0.05) is 10.5 Å². The summed E-state index contributed by atoms with van der Waals surface area (Å²) in [5.41, 5.74) is 5.85. The van der Waals surface area contributed by atoms with Gasteiger partial charge >= 0.3 is 0 Å². The molecule has 0 fully saturated rings. The molecule has 0 saturated carbocycles. The van der Waals surface area contributed by atoms with E-state index in [1.807, 2.05) is 6.07 Å². The molecule has 94 valence electrons. The van der Waals surface area contributed by atoms with Gasteiger partial charge in [-0.15, -0.1) is 0 Å². The number of benzene rings is 2. The SMILES string of the molecule is [2H]c1c([2H])c([2H])c(C([2H])([2H])[2H])c(OC(CCN)c2ccccc2)c1[2H]. The zero-order valence-corrected chi connectivity index (χ0v) is 9.86. The van der Waals surface area contributed by atoms with Gasteiger partial charge in [-0.05, 0) is 30.6 Å². The van der Waals surface area contributed by atoms with Gasteiger partial charge in [-0.25, -0.2) is 0 Å². The zero-order valence-electron chi connectivity index (χ0n) is 16.9. The molecule has 0 radical (unpaired) electrons. The molecule has 2 N–H and O–H groups in total.